The Bertz CT molecular complexity index is 814. The molecular weight excluding hydrogens is 379 g/mol. The summed E-state index contributed by atoms with van der Waals surface area (Å²) in [5.41, 5.74) is -0.276. The Kier molecular flexibility index (Phi) is 5.98. The van der Waals surface area contributed by atoms with E-state index < -0.39 is 23.7 Å². The number of ether oxygens (including phenoxy) is 2. The lowest BCUT2D eigenvalue weighted by Gasteiger charge is -2.18. The number of aliphatic hydroxyl groups excluding tert-OH is 1. The number of amides is 1. The SMILES string of the molecule is O=C(COc1ccc(CO)cc1)N1CCC(Oc2nnccc2C(F)(F)F)C1. The maximum atomic E-state index is 13.0. The number of hydrogen-bond donors (Lipinski definition) is 1. The van der Waals surface area contributed by atoms with Gasteiger partial charge in [-0.3, -0.25) is 4.79 Å². The lowest BCUT2D eigenvalue weighted by molar-refractivity contribution is -0.140. The molecule has 0 bridgehead atoms. The van der Waals surface area contributed by atoms with Crippen molar-refractivity contribution in [2.45, 2.75) is 25.3 Å². The monoisotopic (exact) mass is 397 g/mol. The second-order valence-corrected chi connectivity index (χ2v) is 6.21. The van der Waals surface area contributed by atoms with Crippen LogP contribution in [0.4, 0.5) is 13.2 Å². The van der Waals surface area contributed by atoms with E-state index in [0.717, 1.165) is 17.8 Å². The number of aromatic nitrogens is 2. The number of benzene rings is 1. The Hall–Kier alpha value is -2.88. The first-order chi connectivity index (χ1) is 13.4. The van der Waals surface area contributed by atoms with Gasteiger partial charge in [-0.1, -0.05) is 12.1 Å². The molecule has 1 aromatic heterocycles. The van der Waals surface area contributed by atoms with E-state index in [1.807, 2.05) is 0 Å². The van der Waals surface area contributed by atoms with Gasteiger partial charge < -0.3 is 19.5 Å². The molecule has 10 heteroatoms. The minimum atomic E-state index is -4.60. The molecular formula is C18H18F3N3O4. The molecule has 1 aromatic carbocycles. The lowest BCUT2D eigenvalue weighted by atomic mass is 10.2. The van der Waals surface area contributed by atoms with E-state index in [0.29, 0.717) is 18.7 Å². The van der Waals surface area contributed by atoms with Crippen molar-refractivity contribution in [3.8, 4) is 11.6 Å². The van der Waals surface area contributed by atoms with Crippen LogP contribution in [-0.4, -0.2) is 51.9 Å². The van der Waals surface area contributed by atoms with Gasteiger partial charge in [0.25, 0.3) is 5.91 Å². The summed E-state index contributed by atoms with van der Waals surface area (Å²) >= 11 is 0. The standard InChI is InChI=1S/C18H18F3N3O4/c19-18(20,21)15-5-7-22-23-17(15)28-14-6-8-24(9-14)16(26)11-27-13-3-1-12(10-25)2-4-13/h1-5,7,14,25H,6,8-11H2. The van der Waals surface area contributed by atoms with Crippen molar-refractivity contribution < 1.29 is 32.5 Å². The first-order valence-electron chi connectivity index (χ1n) is 8.52. The van der Waals surface area contributed by atoms with E-state index in [-0.39, 0.29) is 25.7 Å². The number of carbonyl (C=O) groups is 1. The molecule has 1 saturated heterocycles. The number of rotatable bonds is 6. The molecule has 1 amide bonds. The fraction of sp³-hybridized carbons (Fsp3) is 0.389. The second kappa shape index (κ2) is 8.42. The summed E-state index contributed by atoms with van der Waals surface area (Å²) in [5, 5.41) is 15.9. The zero-order chi connectivity index (χ0) is 20.1. The molecule has 1 atom stereocenters. The van der Waals surface area contributed by atoms with Crippen molar-refractivity contribution in [3.63, 3.8) is 0 Å². The van der Waals surface area contributed by atoms with Crippen LogP contribution in [0.25, 0.3) is 0 Å². The predicted octanol–water partition coefficient (Wildman–Crippen LogP) is 2.05. The van der Waals surface area contributed by atoms with Crippen molar-refractivity contribution in [2.24, 2.45) is 0 Å². The van der Waals surface area contributed by atoms with Gasteiger partial charge in [-0.05, 0) is 23.8 Å². The highest BCUT2D eigenvalue weighted by Crippen LogP contribution is 2.35. The van der Waals surface area contributed by atoms with Gasteiger partial charge in [0.05, 0.1) is 19.3 Å². The number of hydrogen-bond acceptors (Lipinski definition) is 6. The number of carbonyl (C=O) groups excluding carboxylic acids is 1. The van der Waals surface area contributed by atoms with Gasteiger partial charge >= 0.3 is 6.18 Å². The highest BCUT2D eigenvalue weighted by Gasteiger charge is 2.37. The molecule has 28 heavy (non-hydrogen) atoms. The summed E-state index contributed by atoms with van der Waals surface area (Å²) in [5.74, 6) is -0.408. The largest absolute Gasteiger partial charge is 0.484 e. The number of aliphatic hydroxyl groups is 1. The van der Waals surface area contributed by atoms with E-state index in [1.165, 1.54) is 4.90 Å². The molecule has 0 aliphatic carbocycles. The van der Waals surface area contributed by atoms with E-state index in [2.05, 4.69) is 10.2 Å². The fourth-order valence-corrected chi connectivity index (χ4v) is 2.76. The van der Waals surface area contributed by atoms with Gasteiger partial charge in [-0.15, -0.1) is 5.10 Å². The Morgan fingerprint density at radius 1 is 1.25 bits per heavy atom. The third-order valence-corrected chi connectivity index (χ3v) is 4.24. The van der Waals surface area contributed by atoms with Gasteiger partial charge in [-0.2, -0.15) is 18.3 Å². The zero-order valence-electron chi connectivity index (χ0n) is 14.7. The summed E-state index contributed by atoms with van der Waals surface area (Å²) in [6.45, 7) is 0.192. The Morgan fingerprint density at radius 3 is 2.68 bits per heavy atom. The van der Waals surface area contributed by atoms with Crippen LogP contribution in [0.2, 0.25) is 0 Å². The van der Waals surface area contributed by atoms with Crippen molar-refractivity contribution in [3.05, 3.63) is 47.7 Å². The zero-order valence-corrected chi connectivity index (χ0v) is 14.7. The van der Waals surface area contributed by atoms with Crippen LogP contribution in [0, 0.1) is 0 Å². The maximum Gasteiger partial charge on any atom is 0.421 e. The summed E-state index contributed by atoms with van der Waals surface area (Å²) in [7, 11) is 0. The van der Waals surface area contributed by atoms with Crippen LogP contribution in [-0.2, 0) is 17.6 Å². The molecule has 0 saturated carbocycles. The lowest BCUT2D eigenvalue weighted by Crippen LogP contribution is -2.34. The quantitative estimate of drug-likeness (QED) is 0.803. The highest BCUT2D eigenvalue weighted by atomic mass is 19.4. The number of halogens is 3. The number of alkyl halides is 3. The molecule has 1 fully saturated rings. The normalized spacial score (nSPS) is 16.9. The van der Waals surface area contributed by atoms with E-state index in [1.54, 1.807) is 24.3 Å². The van der Waals surface area contributed by atoms with Gasteiger partial charge in [0.2, 0.25) is 5.88 Å². The molecule has 7 nitrogen and oxygen atoms in total. The highest BCUT2D eigenvalue weighted by molar-refractivity contribution is 5.78. The molecule has 1 N–H and O–H groups in total. The van der Waals surface area contributed by atoms with Crippen LogP contribution >= 0.6 is 0 Å². The molecule has 2 heterocycles. The summed E-state index contributed by atoms with van der Waals surface area (Å²) < 4.78 is 49.7. The molecule has 3 rings (SSSR count). The van der Waals surface area contributed by atoms with Gasteiger partial charge in [-0.25, -0.2) is 0 Å². The molecule has 2 aromatic rings. The van der Waals surface area contributed by atoms with E-state index in [9.17, 15) is 18.0 Å². The van der Waals surface area contributed by atoms with Crippen LogP contribution in [0.15, 0.2) is 36.5 Å². The van der Waals surface area contributed by atoms with Crippen molar-refractivity contribution in [1.82, 2.24) is 15.1 Å². The average Bonchev–Trinajstić information content (AvgIpc) is 3.14. The minimum Gasteiger partial charge on any atom is -0.484 e. The molecule has 1 aliphatic rings. The van der Waals surface area contributed by atoms with Crippen LogP contribution in [0.1, 0.15) is 17.5 Å². The molecule has 0 spiro atoms. The van der Waals surface area contributed by atoms with Crippen LogP contribution in [0.3, 0.4) is 0 Å². The topological polar surface area (TPSA) is 84.8 Å². The number of likely N-dealkylation sites (tertiary alicyclic amines) is 1. The Labute approximate surface area is 158 Å². The Balaban J connectivity index is 1.53. The van der Waals surface area contributed by atoms with Gasteiger partial charge in [0, 0.05) is 13.0 Å². The van der Waals surface area contributed by atoms with E-state index in [4.69, 9.17) is 14.6 Å². The third-order valence-electron chi connectivity index (χ3n) is 4.24. The minimum absolute atomic E-state index is 0.0871. The smallest absolute Gasteiger partial charge is 0.421 e. The molecule has 1 aliphatic heterocycles. The summed E-state index contributed by atoms with van der Waals surface area (Å²) in [6.07, 6.45) is -3.88. The first-order valence-corrected chi connectivity index (χ1v) is 8.52. The molecule has 0 radical (unpaired) electrons. The van der Waals surface area contributed by atoms with Crippen LogP contribution < -0.4 is 9.47 Å². The first kappa shape index (κ1) is 19.9. The van der Waals surface area contributed by atoms with Gasteiger partial charge in [0.1, 0.15) is 17.4 Å². The van der Waals surface area contributed by atoms with Crippen molar-refractivity contribution >= 4 is 5.91 Å². The van der Waals surface area contributed by atoms with Gasteiger partial charge in [0.15, 0.2) is 6.61 Å². The van der Waals surface area contributed by atoms with E-state index >= 15 is 0 Å². The molecule has 150 valence electrons. The average molecular weight is 397 g/mol. The predicted molar refractivity (Wildman–Crippen MR) is 90.5 cm³/mol. The maximum absolute atomic E-state index is 13.0. The number of nitrogens with zero attached hydrogens (tertiary/aromatic N) is 3. The fourth-order valence-electron chi connectivity index (χ4n) is 2.76. The van der Waals surface area contributed by atoms with Crippen molar-refractivity contribution in [1.29, 1.82) is 0 Å². The summed E-state index contributed by atoms with van der Waals surface area (Å²) in [4.78, 5) is 13.7. The third kappa shape index (κ3) is 4.89. The van der Waals surface area contributed by atoms with Crippen molar-refractivity contribution in [2.75, 3.05) is 19.7 Å². The molecule has 1 unspecified atom stereocenters. The summed E-state index contributed by atoms with van der Waals surface area (Å²) in [6, 6.07) is 7.44. The Morgan fingerprint density at radius 2 is 2.00 bits per heavy atom. The second-order valence-electron chi connectivity index (χ2n) is 6.21. The van der Waals surface area contributed by atoms with Crippen LogP contribution in [0.5, 0.6) is 11.6 Å².